The summed E-state index contributed by atoms with van der Waals surface area (Å²) in [4.78, 5) is 2.34. The molecular weight excluding hydrogens is 326 g/mol. The molecule has 0 spiro atoms. The molecule has 0 aliphatic heterocycles. The highest BCUT2D eigenvalue weighted by Gasteiger charge is 2.08. The van der Waals surface area contributed by atoms with Crippen molar-refractivity contribution in [2.24, 2.45) is 0 Å². The van der Waals surface area contributed by atoms with Crippen LogP contribution in [0.2, 0.25) is 0 Å². The number of hydrogen-bond donors (Lipinski definition) is 2. The molecule has 0 aliphatic carbocycles. The second-order valence-electron chi connectivity index (χ2n) is 6.90. The highest BCUT2D eigenvalue weighted by atomic mass is 32.1. The summed E-state index contributed by atoms with van der Waals surface area (Å²) in [7, 11) is 2.15. The van der Waals surface area contributed by atoms with Crippen LogP contribution >= 0.6 is 12.2 Å². The van der Waals surface area contributed by atoms with Gasteiger partial charge in [0.2, 0.25) is 0 Å². The van der Waals surface area contributed by atoms with Crippen molar-refractivity contribution in [3.63, 3.8) is 0 Å². The minimum Gasteiger partial charge on any atom is -0.358 e. The fourth-order valence-electron chi connectivity index (χ4n) is 2.55. The molecule has 0 heterocycles. The van der Waals surface area contributed by atoms with E-state index < -0.39 is 0 Å². The fourth-order valence-corrected chi connectivity index (χ4v) is 2.73. The maximum Gasteiger partial charge on any atom is 0.171 e. The van der Waals surface area contributed by atoms with Crippen LogP contribution in [-0.4, -0.2) is 23.1 Å². The zero-order chi connectivity index (χ0) is 18.4. The smallest absolute Gasteiger partial charge is 0.171 e. The van der Waals surface area contributed by atoms with Gasteiger partial charge >= 0.3 is 0 Å². The van der Waals surface area contributed by atoms with Crippen LogP contribution in [0, 0.1) is 13.8 Å². The van der Waals surface area contributed by atoms with E-state index in [-0.39, 0.29) is 0 Å². The third-order valence-electron chi connectivity index (χ3n) is 4.50. The summed E-state index contributed by atoms with van der Waals surface area (Å²) < 4.78 is 0. The van der Waals surface area contributed by atoms with Crippen molar-refractivity contribution >= 4 is 23.0 Å². The van der Waals surface area contributed by atoms with Gasteiger partial charge in [0.1, 0.15) is 0 Å². The number of aryl methyl sites for hydroxylation is 2. The van der Waals surface area contributed by atoms with Crippen LogP contribution in [0.15, 0.2) is 42.5 Å². The SMILES string of the molecule is Cc1ccc(C)c(NC(=S)NCc2ccccc2CN(C)C(C)C)c1. The molecule has 3 nitrogen and oxygen atoms in total. The topological polar surface area (TPSA) is 27.3 Å². The molecule has 0 saturated carbocycles. The number of thiocarbonyl (C=S) groups is 1. The van der Waals surface area contributed by atoms with Crippen LogP contribution in [0.4, 0.5) is 5.69 Å². The lowest BCUT2D eigenvalue weighted by molar-refractivity contribution is 0.265. The summed E-state index contributed by atoms with van der Waals surface area (Å²) in [5.74, 6) is 0. The molecular formula is C21H29N3S. The van der Waals surface area contributed by atoms with Gasteiger partial charge in [-0.25, -0.2) is 0 Å². The van der Waals surface area contributed by atoms with Gasteiger partial charge in [0, 0.05) is 24.8 Å². The molecule has 25 heavy (non-hydrogen) atoms. The molecule has 2 aromatic rings. The Morgan fingerprint density at radius 3 is 2.44 bits per heavy atom. The van der Waals surface area contributed by atoms with E-state index in [4.69, 9.17) is 12.2 Å². The molecule has 2 aromatic carbocycles. The van der Waals surface area contributed by atoms with Gasteiger partial charge in [-0.2, -0.15) is 0 Å². The minimum atomic E-state index is 0.521. The van der Waals surface area contributed by atoms with E-state index in [9.17, 15) is 0 Å². The number of nitrogens with zero attached hydrogens (tertiary/aromatic N) is 1. The summed E-state index contributed by atoms with van der Waals surface area (Å²) in [6, 6.07) is 15.4. The van der Waals surface area contributed by atoms with Crippen LogP contribution in [0.5, 0.6) is 0 Å². The first-order chi connectivity index (χ1) is 11.9. The van der Waals surface area contributed by atoms with Gasteiger partial charge in [0.15, 0.2) is 5.11 Å². The van der Waals surface area contributed by atoms with Crippen LogP contribution in [0.1, 0.15) is 36.1 Å². The molecule has 0 radical (unpaired) electrons. The predicted octanol–water partition coefficient (Wildman–Crippen LogP) is 4.63. The molecule has 0 saturated heterocycles. The summed E-state index contributed by atoms with van der Waals surface area (Å²) in [6.45, 7) is 10.3. The highest BCUT2D eigenvalue weighted by Crippen LogP contribution is 2.16. The first-order valence-electron chi connectivity index (χ1n) is 8.76. The van der Waals surface area contributed by atoms with Crippen molar-refractivity contribution in [3.05, 3.63) is 64.7 Å². The predicted molar refractivity (Wildman–Crippen MR) is 112 cm³/mol. The lowest BCUT2D eigenvalue weighted by Crippen LogP contribution is -2.30. The third kappa shape index (κ3) is 5.83. The molecule has 0 amide bonds. The Labute approximate surface area is 157 Å². The van der Waals surface area contributed by atoms with Gasteiger partial charge in [0.05, 0.1) is 0 Å². The van der Waals surface area contributed by atoms with Crippen molar-refractivity contribution in [2.75, 3.05) is 12.4 Å². The van der Waals surface area contributed by atoms with Gasteiger partial charge in [0.25, 0.3) is 0 Å². The Morgan fingerprint density at radius 2 is 1.76 bits per heavy atom. The highest BCUT2D eigenvalue weighted by molar-refractivity contribution is 7.80. The lowest BCUT2D eigenvalue weighted by atomic mass is 10.1. The van der Waals surface area contributed by atoms with E-state index >= 15 is 0 Å². The Bertz CT molecular complexity index is 725. The maximum atomic E-state index is 5.48. The number of rotatable bonds is 6. The molecule has 0 bridgehead atoms. The zero-order valence-electron chi connectivity index (χ0n) is 15.9. The molecule has 0 aliphatic rings. The van der Waals surface area contributed by atoms with Gasteiger partial charge in [-0.1, -0.05) is 36.4 Å². The van der Waals surface area contributed by atoms with E-state index in [0.717, 1.165) is 18.8 Å². The summed E-state index contributed by atoms with van der Waals surface area (Å²) >= 11 is 5.48. The average Bonchev–Trinajstić information content (AvgIpc) is 2.57. The van der Waals surface area contributed by atoms with E-state index in [1.807, 2.05) is 0 Å². The Morgan fingerprint density at radius 1 is 1.08 bits per heavy atom. The standard InChI is InChI=1S/C21H29N3S/c1-15(2)24(5)14-19-9-7-6-8-18(19)13-22-21(25)23-20-12-16(3)10-11-17(20)4/h6-12,15H,13-14H2,1-5H3,(H2,22,23,25). The van der Waals surface area contributed by atoms with Crippen molar-refractivity contribution in [2.45, 2.75) is 46.8 Å². The van der Waals surface area contributed by atoms with E-state index in [2.05, 4.69) is 92.7 Å². The van der Waals surface area contributed by atoms with Gasteiger partial charge in [-0.05, 0) is 75.3 Å². The molecule has 0 unspecified atom stereocenters. The summed E-state index contributed by atoms with van der Waals surface area (Å²) in [6.07, 6.45) is 0. The molecule has 0 atom stereocenters. The van der Waals surface area contributed by atoms with Crippen molar-refractivity contribution < 1.29 is 0 Å². The van der Waals surface area contributed by atoms with E-state index in [1.165, 1.54) is 22.3 Å². The fraction of sp³-hybridized carbons (Fsp3) is 0.381. The van der Waals surface area contributed by atoms with Crippen molar-refractivity contribution in [1.29, 1.82) is 0 Å². The second kappa shape index (κ2) is 8.97. The van der Waals surface area contributed by atoms with Gasteiger partial charge < -0.3 is 10.6 Å². The number of benzene rings is 2. The Kier molecular flexibility index (Phi) is 6.97. The van der Waals surface area contributed by atoms with Gasteiger partial charge in [-0.15, -0.1) is 0 Å². The normalized spacial score (nSPS) is 11.0. The summed E-state index contributed by atoms with van der Waals surface area (Å²) in [5, 5.41) is 7.30. The Hall–Kier alpha value is -1.91. The number of nitrogens with one attached hydrogen (secondary N) is 2. The first kappa shape index (κ1) is 19.4. The molecule has 134 valence electrons. The van der Waals surface area contributed by atoms with Crippen LogP contribution < -0.4 is 10.6 Å². The van der Waals surface area contributed by atoms with Crippen LogP contribution in [-0.2, 0) is 13.1 Å². The quantitative estimate of drug-likeness (QED) is 0.739. The molecule has 2 N–H and O–H groups in total. The summed E-state index contributed by atoms with van der Waals surface area (Å²) in [5.41, 5.74) is 6.08. The number of hydrogen-bond acceptors (Lipinski definition) is 2. The lowest BCUT2D eigenvalue weighted by Gasteiger charge is -2.23. The van der Waals surface area contributed by atoms with Gasteiger partial charge in [-0.3, -0.25) is 4.90 Å². The number of anilines is 1. The zero-order valence-corrected chi connectivity index (χ0v) is 16.7. The molecule has 4 heteroatoms. The van der Waals surface area contributed by atoms with Crippen LogP contribution in [0.3, 0.4) is 0 Å². The monoisotopic (exact) mass is 355 g/mol. The minimum absolute atomic E-state index is 0.521. The molecule has 2 rings (SSSR count). The van der Waals surface area contributed by atoms with Crippen LogP contribution in [0.25, 0.3) is 0 Å². The van der Waals surface area contributed by atoms with Crippen molar-refractivity contribution in [1.82, 2.24) is 10.2 Å². The maximum absolute atomic E-state index is 5.48. The Balaban J connectivity index is 1.99. The third-order valence-corrected chi connectivity index (χ3v) is 4.75. The van der Waals surface area contributed by atoms with E-state index in [0.29, 0.717) is 11.2 Å². The van der Waals surface area contributed by atoms with E-state index in [1.54, 1.807) is 0 Å². The first-order valence-corrected chi connectivity index (χ1v) is 9.16. The second-order valence-corrected chi connectivity index (χ2v) is 7.31. The molecule has 0 fully saturated rings. The van der Waals surface area contributed by atoms with Crippen molar-refractivity contribution in [3.8, 4) is 0 Å². The average molecular weight is 356 g/mol. The largest absolute Gasteiger partial charge is 0.358 e. The molecule has 0 aromatic heterocycles.